The zero-order valence-corrected chi connectivity index (χ0v) is 20.9. The summed E-state index contributed by atoms with van der Waals surface area (Å²) in [7, 11) is 0. The first-order valence-electron chi connectivity index (χ1n) is 12.4. The van der Waals surface area contributed by atoms with Crippen LogP contribution in [0.15, 0.2) is 10.3 Å². The minimum atomic E-state index is -0.905. The van der Waals surface area contributed by atoms with Gasteiger partial charge in [0.25, 0.3) is 5.91 Å². The second-order valence-electron chi connectivity index (χ2n) is 12.4. The zero-order valence-electron chi connectivity index (χ0n) is 20.9. The molecule has 5 fully saturated rings. The Morgan fingerprint density at radius 1 is 1.12 bits per heavy atom. The smallest absolute Gasteiger partial charge is 0.408 e. The van der Waals surface area contributed by atoms with Gasteiger partial charge < -0.3 is 25.9 Å². The number of nitrogens with one attached hydrogen (secondary N) is 1. The predicted molar refractivity (Wildman–Crippen MR) is 123 cm³/mol. The van der Waals surface area contributed by atoms with Gasteiger partial charge in [0, 0.05) is 11.5 Å². The van der Waals surface area contributed by atoms with Crippen LogP contribution in [0, 0.1) is 23.2 Å². The Morgan fingerprint density at radius 3 is 2.26 bits per heavy atom. The van der Waals surface area contributed by atoms with E-state index in [-0.39, 0.29) is 17.9 Å². The van der Waals surface area contributed by atoms with Gasteiger partial charge in [0.05, 0.1) is 5.60 Å². The third-order valence-corrected chi connectivity index (χ3v) is 8.48. The van der Waals surface area contributed by atoms with Crippen LogP contribution in [0.1, 0.15) is 79.6 Å². The highest BCUT2D eigenvalue weighted by Crippen LogP contribution is 2.63. The molecule has 10 nitrogen and oxygen atoms in total. The number of hydrogen-bond donors (Lipinski definition) is 3. The number of nitrogens with zero attached hydrogens (tertiary/aromatic N) is 3. The summed E-state index contributed by atoms with van der Waals surface area (Å²) in [4.78, 5) is 41.5. The van der Waals surface area contributed by atoms with Gasteiger partial charge in [-0.3, -0.25) is 9.59 Å². The summed E-state index contributed by atoms with van der Waals surface area (Å²) in [6.45, 7) is 9.21. The zero-order chi connectivity index (χ0) is 25.1. The Morgan fingerprint density at radius 2 is 1.74 bits per heavy atom. The van der Waals surface area contributed by atoms with Crippen LogP contribution in [0.3, 0.4) is 0 Å². The van der Waals surface area contributed by atoms with E-state index in [0.29, 0.717) is 24.7 Å². The van der Waals surface area contributed by atoms with Gasteiger partial charge in [0.15, 0.2) is 0 Å². The minimum Gasteiger partial charge on any atom is -0.444 e. The fourth-order valence-corrected chi connectivity index (χ4v) is 7.59. The standard InChI is InChI=1S/C24H39N5O5/c1-13-6-17(19(30)27-28-25)29(14(13)2)20(31)18(26-21(32)34-22(3,4)5)23-8-15-7-16(9-23)11-24(33,10-15)12-23/h13-18,33H,6-12H2,1-5H3,(H,26,32)(H2,25,27,30)/t13-,14-,15?,16?,17?,18+,23?,24?/m0/s1. The first kappa shape index (κ1) is 24.9. The number of nitrogens with two attached hydrogens (primary N) is 1. The fourth-order valence-electron chi connectivity index (χ4n) is 7.59. The molecule has 4 aliphatic carbocycles. The molecule has 0 radical (unpaired) electrons. The Labute approximate surface area is 201 Å². The third-order valence-electron chi connectivity index (χ3n) is 8.48. The summed E-state index contributed by atoms with van der Waals surface area (Å²) in [6.07, 6.45) is 4.30. The number of hydrogen-bond acceptors (Lipinski definition) is 6. The van der Waals surface area contributed by atoms with Gasteiger partial charge in [0.2, 0.25) is 5.91 Å². The first-order valence-corrected chi connectivity index (χ1v) is 12.4. The molecular formula is C24H39N5O5. The largest absolute Gasteiger partial charge is 0.444 e. The SMILES string of the molecule is C[C@H]1CC(C(=O)N=NN)N(C(=O)[C@@H](NC(=O)OC(C)(C)C)C23CC4CC(CC(O)(C4)C2)C3)[C@H]1C. The minimum absolute atomic E-state index is 0.0635. The maximum Gasteiger partial charge on any atom is 0.408 e. The Balaban J connectivity index is 1.70. The highest BCUT2D eigenvalue weighted by molar-refractivity contribution is 5.93. The van der Waals surface area contributed by atoms with Crippen molar-refractivity contribution >= 4 is 17.9 Å². The summed E-state index contributed by atoms with van der Waals surface area (Å²) < 4.78 is 5.53. The molecule has 5 rings (SSSR count). The lowest BCUT2D eigenvalue weighted by Gasteiger charge is -2.62. The highest BCUT2D eigenvalue weighted by Gasteiger charge is 2.62. The second-order valence-corrected chi connectivity index (χ2v) is 12.4. The monoisotopic (exact) mass is 477 g/mol. The van der Waals surface area contributed by atoms with Crippen LogP contribution >= 0.6 is 0 Å². The molecule has 6 atom stereocenters. The maximum absolute atomic E-state index is 14.3. The van der Waals surface area contributed by atoms with E-state index in [1.165, 1.54) is 0 Å². The van der Waals surface area contributed by atoms with Crippen molar-refractivity contribution < 1.29 is 24.2 Å². The molecule has 1 heterocycles. The number of amides is 3. The highest BCUT2D eigenvalue weighted by atomic mass is 16.6. The molecule has 0 aromatic rings. The summed E-state index contributed by atoms with van der Waals surface area (Å²) in [5.41, 5.74) is -2.13. The van der Waals surface area contributed by atoms with E-state index < -0.39 is 40.7 Å². The number of likely N-dealkylation sites (tertiary alicyclic amines) is 1. The van der Waals surface area contributed by atoms with Crippen LogP contribution in [0.5, 0.6) is 0 Å². The number of rotatable bonds is 4. The van der Waals surface area contributed by atoms with Gasteiger partial charge in [0.1, 0.15) is 17.7 Å². The average molecular weight is 478 g/mol. The summed E-state index contributed by atoms with van der Waals surface area (Å²) >= 11 is 0. The number of alkyl carbamates (subject to hydrolysis) is 1. The normalized spacial score (nSPS) is 39.9. The van der Waals surface area contributed by atoms with E-state index in [2.05, 4.69) is 15.7 Å². The molecule has 5 aliphatic rings. The lowest BCUT2D eigenvalue weighted by Crippen LogP contribution is -2.67. The molecule has 0 aromatic carbocycles. The second kappa shape index (κ2) is 8.46. The molecule has 4 bridgehead atoms. The molecule has 34 heavy (non-hydrogen) atoms. The van der Waals surface area contributed by atoms with Crippen LogP contribution in [-0.2, 0) is 14.3 Å². The van der Waals surface area contributed by atoms with E-state index >= 15 is 0 Å². The van der Waals surface area contributed by atoms with Crippen LogP contribution < -0.4 is 11.2 Å². The van der Waals surface area contributed by atoms with Crippen LogP contribution in [0.4, 0.5) is 4.79 Å². The Hall–Kier alpha value is -2.23. The summed E-state index contributed by atoms with van der Waals surface area (Å²) in [6, 6.07) is -1.92. The van der Waals surface area contributed by atoms with E-state index in [4.69, 9.17) is 10.6 Å². The molecule has 4 N–H and O–H groups in total. The van der Waals surface area contributed by atoms with Crippen molar-refractivity contribution in [2.45, 2.75) is 109 Å². The average Bonchev–Trinajstić information content (AvgIpc) is 2.97. The first-order chi connectivity index (χ1) is 15.8. The van der Waals surface area contributed by atoms with Crippen molar-refractivity contribution in [3.63, 3.8) is 0 Å². The van der Waals surface area contributed by atoms with Crippen molar-refractivity contribution in [3.05, 3.63) is 0 Å². The van der Waals surface area contributed by atoms with Gasteiger partial charge in [-0.1, -0.05) is 17.3 Å². The number of aliphatic hydroxyl groups is 1. The predicted octanol–water partition coefficient (Wildman–Crippen LogP) is 2.69. The van der Waals surface area contributed by atoms with E-state index in [1.807, 2.05) is 13.8 Å². The van der Waals surface area contributed by atoms with Crippen LogP contribution in [0.2, 0.25) is 0 Å². The molecule has 4 saturated carbocycles. The topological polar surface area (TPSA) is 147 Å². The van der Waals surface area contributed by atoms with E-state index in [0.717, 1.165) is 32.1 Å². The number of carbonyl (C=O) groups is 3. The van der Waals surface area contributed by atoms with Gasteiger partial charge in [-0.25, -0.2) is 4.79 Å². The van der Waals surface area contributed by atoms with Crippen molar-refractivity contribution in [1.82, 2.24) is 10.2 Å². The van der Waals surface area contributed by atoms with E-state index in [9.17, 15) is 19.5 Å². The molecule has 0 spiro atoms. The van der Waals surface area contributed by atoms with Gasteiger partial charge in [-0.2, -0.15) is 0 Å². The summed E-state index contributed by atoms with van der Waals surface area (Å²) in [5.74, 6) is 4.94. The lowest BCUT2D eigenvalue weighted by molar-refractivity contribution is -0.181. The molecule has 3 amide bonds. The lowest BCUT2D eigenvalue weighted by atomic mass is 9.46. The molecule has 3 unspecified atom stereocenters. The van der Waals surface area contributed by atoms with Crippen molar-refractivity contribution in [3.8, 4) is 0 Å². The molecule has 1 aliphatic heterocycles. The van der Waals surface area contributed by atoms with Crippen molar-refractivity contribution in [1.29, 1.82) is 0 Å². The van der Waals surface area contributed by atoms with Crippen LogP contribution in [0.25, 0.3) is 0 Å². The van der Waals surface area contributed by atoms with Crippen LogP contribution in [-0.4, -0.2) is 57.2 Å². The molecule has 0 aromatic heterocycles. The summed E-state index contributed by atoms with van der Waals surface area (Å²) in [5, 5.41) is 20.9. The molecular weight excluding hydrogens is 438 g/mol. The maximum atomic E-state index is 14.3. The molecule has 190 valence electrons. The Bertz CT molecular complexity index is 869. The van der Waals surface area contributed by atoms with Crippen molar-refractivity contribution in [2.75, 3.05) is 0 Å². The third kappa shape index (κ3) is 4.53. The van der Waals surface area contributed by atoms with Gasteiger partial charge in [-0.05, 0) is 90.4 Å². The molecule has 10 heteroatoms. The quantitative estimate of drug-likeness (QED) is 0.322. The van der Waals surface area contributed by atoms with E-state index in [1.54, 1.807) is 25.7 Å². The fraction of sp³-hybridized carbons (Fsp3) is 0.875. The van der Waals surface area contributed by atoms with Crippen molar-refractivity contribution in [2.24, 2.45) is 39.3 Å². The number of carbonyl (C=O) groups excluding carboxylic acids is 3. The number of ether oxygens (including phenoxy) is 1. The van der Waals surface area contributed by atoms with Gasteiger partial charge in [-0.15, -0.1) is 0 Å². The Kier molecular flexibility index (Phi) is 6.19. The molecule has 1 saturated heterocycles. The van der Waals surface area contributed by atoms with Gasteiger partial charge >= 0.3 is 6.09 Å².